The lowest BCUT2D eigenvalue weighted by molar-refractivity contribution is 0.209. The molecule has 4 aromatic rings. The Labute approximate surface area is 197 Å². The fourth-order valence-corrected chi connectivity index (χ4v) is 4.56. The van der Waals surface area contributed by atoms with E-state index in [1.165, 1.54) is 0 Å². The van der Waals surface area contributed by atoms with Crippen molar-refractivity contribution in [2.24, 2.45) is 12.5 Å². The van der Waals surface area contributed by atoms with Gasteiger partial charge in [0.15, 0.2) is 5.65 Å². The average molecular weight is 457 g/mol. The average Bonchev–Trinajstić information content (AvgIpc) is 3.36. The highest BCUT2D eigenvalue weighted by Gasteiger charge is 2.21. The zero-order chi connectivity index (χ0) is 24.0. The van der Waals surface area contributed by atoms with E-state index in [-0.39, 0.29) is 11.1 Å². The van der Waals surface area contributed by atoms with Crippen LogP contribution in [0.5, 0.6) is 0 Å². The zero-order valence-electron chi connectivity index (χ0n) is 20.0. The topological polar surface area (TPSA) is 97.6 Å². The number of hydrogen-bond donors (Lipinski definition) is 0. The number of fused-ring (bicyclic) bond motifs is 2. The molecule has 0 N–H and O–H groups in total. The molecule has 1 aromatic carbocycles. The van der Waals surface area contributed by atoms with E-state index < -0.39 is 0 Å². The molecule has 0 saturated carbocycles. The monoisotopic (exact) mass is 456 g/mol. The molecule has 0 unspecified atom stereocenters. The second kappa shape index (κ2) is 8.22. The van der Waals surface area contributed by atoms with Crippen molar-refractivity contribution in [3.8, 4) is 17.3 Å². The Hall–Kier alpha value is -3.77. The third-order valence-electron chi connectivity index (χ3n) is 6.22. The Balaban J connectivity index is 1.50. The minimum Gasteiger partial charge on any atom is -0.315 e. The van der Waals surface area contributed by atoms with Crippen molar-refractivity contribution in [3.05, 3.63) is 64.1 Å². The maximum absolute atomic E-state index is 12.9. The van der Waals surface area contributed by atoms with Gasteiger partial charge >= 0.3 is 5.69 Å². The summed E-state index contributed by atoms with van der Waals surface area (Å²) in [5.74, 6) is 0.966. The molecule has 1 aliphatic rings. The first-order chi connectivity index (χ1) is 16.2. The van der Waals surface area contributed by atoms with Crippen LogP contribution in [0, 0.1) is 16.7 Å². The van der Waals surface area contributed by atoms with Gasteiger partial charge in [0.1, 0.15) is 12.2 Å². The van der Waals surface area contributed by atoms with Crippen LogP contribution in [0.15, 0.2) is 41.5 Å². The lowest BCUT2D eigenvalue weighted by Crippen LogP contribution is -2.33. The zero-order valence-corrected chi connectivity index (χ0v) is 20.0. The van der Waals surface area contributed by atoms with Crippen LogP contribution in [0.25, 0.3) is 22.4 Å². The SMILES string of the molecule is Cn1c(=O)n(CC(C)(C)C)c2ccc(-c3cc(CN4CCn5cnnc5C4)ccc3C#N)nc21. The van der Waals surface area contributed by atoms with Gasteiger partial charge in [0.05, 0.1) is 29.4 Å². The van der Waals surface area contributed by atoms with E-state index in [0.717, 1.165) is 48.6 Å². The fourth-order valence-electron chi connectivity index (χ4n) is 4.56. The van der Waals surface area contributed by atoms with Crippen molar-refractivity contribution in [1.29, 1.82) is 5.26 Å². The number of rotatable bonds is 4. The van der Waals surface area contributed by atoms with Crippen LogP contribution >= 0.6 is 0 Å². The normalized spacial score (nSPS) is 14.3. The van der Waals surface area contributed by atoms with Crippen LogP contribution in [0.4, 0.5) is 0 Å². The molecule has 0 fully saturated rings. The van der Waals surface area contributed by atoms with E-state index in [0.29, 0.717) is 23.4 Å². The molecule has 0 aliphatic carbocycles. The van der Waals surface area contributed by atoms with Crippen LogP contribution in [0.1, 0.15) is 37.7 Å². The Morgan fingerprint density at radius 3 is 2.74 bits per heavy atom. The van der Waals surface area contributed by atoms with Gasteiger partial charge in [0.25, 0.3) is 0 Å². The molecule has 0 amide bonds. The smallest absolute Gasteiger partial charge is 0.315 e. The van der Waals surface area contributed by atoms with Gasteiger partial charge in [-0.2, -0.15) is 5.26 Å². The summed E-state index contributed by atoms with van der Waals surface area (Å²) in [6.45, 7) is 10.2. The summed E-state index contributed by atoms with van der Waals surface area (Å²) in [4.78, 5) is 20.1. The quantitative estimate of drug-likeness (QED) is 0.468. The van der Waals surface area contributed by atoms with E-state index >= 15 is 0 Å². The first-order valence-corrected chi connectivity index (χ1v) is 11.4. The van der Waals surface area contributed by atoms with Gasteiger partial charge in [-0.15, -0.1) is 10.2 Å². The molecule has 0 atom stereocenters. The van der Waals surface area contributed by atoms with Crippen molar-refractivity contribution < 1.29 is 0 Å². The largest absolute Gasteiger partial charge is 0.330 e. The first-order valence-electron chi connectivity index (χ1n) is 11.4. The predicted octanol–water partition coefficient (Wildman–Crippen LogP) is 2.93. The molecule has 9 nitrogen and oxygen atoms in total. The van der Waals surface area contributed by atoms with Crippen molar-refractivity contribution in [2.45, 2.75) is 47.0 Å². The highest BCUT2D eigenvalue weighted by Crippen LogP contribution is 2.27. The van der Waals surface area contributed by atoms with Gasteiger partial charge in [0, 0.05) is 38.8 Å². The Bertz CT molecular complexity index is 1480. The van der Waals surface area contributed by atoms with Crippen molar-refractivity contribution in [1.82, 2.24) is 33.8 Å². The third kappa shape index (κ3) is 4.01. The van der Waals surface area contributed by atoms with Crippen LogP contribution in [0.2, 0.25) is 0 Å². The number of nitrogens with zero attached hydrogens (tertiary/aromatic N) is 8. The molecule has 1 aliphatic heterocycles. The van der Waals surface area contributed by atoms with Crippen LogP contribution in [-0.2, 0) is 33.2 Å². The standard InChI is InChI=1S/C25H28N8O/c1-25(2,3)15-33-21-8-7-20(28-23(21)30(4)24(33)34)19-11-17(5-6-18(19)12-26)13-31-9-10-32-16-27-29-22(32)14-31/h5-8,11,16H,9-10,13-15H2,1-4H3. The van der Waals surface area contributed by atoms with E-state index in [4.69, 9.17) is 4.98 Å². The fraction of sp³-hybridized carbons (Fsp3) is 0.400. The number of imidazole rings is 1. The lowest BCUT2D eigenvalue weighted by Gasteiger charge is -2.27. The second-order valence-corrected chi connectivity index (χ2v) is 10.2. The van der Waals surface area contributed by atoms with Crippen LogP contribution < -0.4 is 5.69 Å². The van der Waals surface area contributed by atoms with Gasteiger partial charge < -0.3 is 4.57 Å². The minimum absolute atomic E-state index is 0.0409. The maximum atomic E-state index is 12.9. The summed E-state index contributed by atoms with van der Waals surface area (Å²) in [6, 6.07) is 12.0. The highest BCUT2D eigenvalue weighted by atomic mass is 16.1. The van der Waals surface area contributed by atoms with E-state index in [2.05, 4.69) is 46.5 Å². The summed E-state index contributed by atoms with van der Waals surface area (Å²) < 4.78 is 5.45. The van der Waals surface area contributed by atoms with E-state index in [1.54, 1.807) is 22.5 Å². The summed E-state index contributed by atoms with van der Waals surface area (Å²) in [7, 11) is 1.75. The summed E-state index contributed by atoms with van der Waals surface area (Å²) in [6.07, 6.45) is 1.77. The Morgan fingerprint density at radius 2 is 1.97 bits per heavy atom. The molecule has 0 radical (unpaired) electrons. The van der Waals surface area contributed by atoms with Gasteiger partial charge in [-0.05, 0) is 35.2 Å². The molecule has 5 rings (SSSR count). The predicted molar refractivity (Wildman–Crippen MR) is 129 cm³/mol. The number of aromatic nitrogens is 6. The number of pyridine rings is 1. The van der Waals surface area contributed by atoms with Crippen LogP contribution in [0.3, 0.4) is 0 Å². The van der Waals surface area contributed by atoms with Gasteiger partial charge in [-0.3, -0.25) is 14.0 Å². The van der Waals surface area contributed by atoms with Crippen molar-refractivity contribution >= 4 is 11.2 Å². The molecule has 0 saturated heterocycles. The third-order valence-corrected chi connectivity index (χ3v) is 6.22. The Morgan fingerprint density at radius 1 is 1.15 bits per heavy atom. The number of benzene rings is 1. The molecule has 0 bridgehead atoms. The van der Waals surface area contributed by atoms with Crippen molar-refractivity contribution in [2.75, 3.05) is 6.54 Å². The van der Waals surface area contributed by atoms with Crippen molar-refractivity contribution in [3.63, 3.8) is 0 Å². The number of aryl methyl sites for hydroxylation is 1. The number of nitriles is 1. The minimum atomic E-state index is -0.0817. The van der Waals surface area contributed by atoms with Gasteiger partial charge in [-0.25, -0.2) is 9.78 Å². The molecule has 3 aromatic heterocycles. The lowest BCUT2D eigenvalue weighted by atomic mass is 9.97. The van der Waals surface area contributed by atoms with E-state index in [1.807, 2.05) is 30.3 Å². The molecule has 0 spiro atoms. The van der Waals surface area contributed by atoms with Gasteiger partial charge in [-0.1, -0.05) is 26.8 Å². The van der Waals surface area contributed by atoms with Crippen LogP contribution in [-0.4, -0.2) is 40.3 Å². The number of hydrogen-bond acceptors (Lipinski definition) is 6. The molecule has 9 heteroatoms. The molecular weight excluding hydrogens is 428 g/mol. The Kier molecular flexibility index (Phi) is 5.33. The molecule has 174 valence electrons. The van der Waals surface area contributed by atoms with Gasteiger partial charge in [0.2, 0.25) is 0 Å². The maximum Gasteiger partial charge on any atom is 0.330 e. The van der Waals surface area contributed by atoms with E-state index in [9.17, 15) is 10.1 Å². The summed E-state index contributed by atoms with van der Waals surface area (Å²) in [5, 5.41) is 18.0. The first kappa shape index (κ1) is 22.0. The highest BCUT2D eigenvalue weighted by molar-refractivity contribution is 5.78. The summed E-state index contributed by atoms with van der Waals surface area (Å²) >= 11 is 0. The second-order valence-electron chi connectivity index (χ2n) is 10.2. The molecule has 34 heavy (non-hydrogen) atoms. The summed E-state index contributed by atoms with van der Waals surface area (Å²) in [5.41, 5.74) is 4.43. The molecular formula is C25H28N8O. The molecule has 4 heterocycles.